The maximum atomic E-state index is 11.5. The highest BCUT2D eigenvalue weighted by Gasteiger charge is 2.23. The molecule has 2 aliphatic heterocycles. The van der Waals surface area contributed by atoms with Crippen LogP contribution in [0.25, 0.3) is 10.9 Å². The van der Waals surface area contributed by atoms with Crippen LogP contribution in [0.2, 0.25) is 5.02 Å². The highest BCUT2D eigenvalue weighted by atomic mass is 35.5. The molecule has 2 aromatic heterocycles. The van der Waals surface area contributed by atoms with E-state index in [-0.39, 0.29) is 12.5 Å². The topological polar surface area (TPSA) is 88.6 Å². The molecule has 0 aliphatic carbocycles. The number of rotatable bonds is 7. The van der Waals surface area contributed by atoms with E-state index in [2.05, 4.69) is 25.5 Å². The summed E-state index contributed by atoms with van der Waals surface area (Å²) in [6, 6.07) is 9.71. The molecule has 1 amide bonds. The standard InChI is InChI=1S/C25H28ClN5O3/c1-33-18-3-4-21-19(12-18)24(20(26)14-28-21)31-10-7-16(8-11-31)6-9-27-13-17-2-5-22-25(29-17)30-23(32)15-34-22/h2-5,12,14,16,27H,6-11,13,15H2,1H3,(H,29,30,32). The number of carbonyl (C=O) groups is 1. The van der Waals surface area contributed by atoms with Crippen molar-refractivity contribution in [1.29, 1.82) is 0 Å². The third-order valence-corrected chi connectivity index (χ3v) is 6.78. The lowest BCUT2D eigenvalue weighted by Gasteiger charge is -2.34. The molecule has 4 heterocycles. The molecule has 178 valence electrons. The van der Waals surface area contributed by atoms with E-state index in [9.17, 15) is 4.79 Å². The minimum atomic E-state index is -0.170. The van der Waals surface area contributed by atoms with E-state index in [1.807, 2.05) is 30.3 Å². The van der Waals surface area contributed by atoms with Crippen LogP contribution in [-0.4, -0.2) is 49.2 Å². The Kier molecular flexibility index (Phi) is 6.69. The van der Waals surface area contributed by atoms with Gasteiger partial charge < -0.3 is 25.0 Å². The van der Waals surface area contributed by atoms with Gasteiger partial charge in [-0.2, -0.15) is 0 Å². The number of aromatic nitrogens is 2. The number of amides is 1. The monoisotopic (exact) mass is 481 g/mol. The van der Waals surface area contributed by atoms with Crippen molar-refractivity contribution in [3.05, 3.63) is 47.2 Å². The second-order valence-electron chi connectivity index (χ2n) is 8.72. The summed E-state index contributed by atoms with van der Waals surface area (Å²) < 4.78 is 10.8. The SMILES string of the molecule is COc1ccc2ncc(Cl)c(N3CCC(CCNCc4ccc5c(n4)NC(=O)CO5)CC3)c2c1. The van der Waals surface area contributed by atoms with Crippen molar-refractivity contribution in [2.75, 3.05) is 43.6 Å². The van der Waals surface area contributed by atoms with Gasteiger partial charge in [-0.3, -0.25) is 9.78 Å². The fourth-order valence-electron chi connectivity index (χ4n) is 4.65. The molecule has 2 aliphatic rings. The van der Waals surface area contributed by atoms with Crippen LogP contribution in [0.5, 0.6) is 11.5 Å². The zero-order valence-corrected chi connectivity index (χ0v) is 19.9. The predicted octanol–water partition coefficient (Wildman–Crippen LogP) is 4.02. The molecule has 2 N–H and O–H groups in total. The maximum Gasteiger partial charge on any atom is 0.263 e. The van der Waals surface area contributed by atoms with Crippen LogP contribution in [0.4, 0.5) is 11.5 Å². The van der Waals surface area contributed by atoms with Crippen LogP contribution in [-0.2, 0) is 11.3 Å². The van der Waals surface area contributed by atoms with Crippen molar-refractivity contribution in [3.63, 3.8) is 0 Å². The van der Waals surface area contributed by atoms with Crippen LogP contribution in [0.15, 0.2) is 36.5 Å². The molecule has 0 spiro atoms. The van der Waals surface area contributed by atoms with E-state index in [0.29, 0.717) is 29.1 Å². The fourth-order valence-corrected chi connectivity index (χ4v) is 4.92. The van der Waals surface area contributed by atoms with Gasteiger partial charge in [0, 0.05) is 31.2 Å². The number of anilines is 2. The molecule has 0 atom stereocenters. The van der Waals surface area contributed by atoms with E-state index in [4.69, 9.17) is 21.1 Å². The lowest BCUT2D eigenvalue weighted by atomic mass is 9.93. The van der Waals surface area contributed by atoms with Crippen LogP contribution in [0, 0.1) is 5.92 Å². The van der Waals surface area contributed by atoms with Gasteiger partial charge in [-0.05, 0) is 62.1 Å². The van der Waals surface area contributed by atoms with Crippen LogP contribution in [0.3, 0.4) is 0 Å². The van der Waals surface area contributed by atoms with Gasteiger partial charge in [-0.15, -0.1) is 0 Å². The maximum absolute atomic E-state index is 11.5. The first-order valence-electron chi connectivity index (χ1n) is 11.6. The number of fused-ring (bicyclic) bond motifs is 2. The highest BCUT2D eigenvalue weighted by molar-refractivity contribution is 6.34. The summed E-state index contributed by atoms with van der Waals surface area (Å²) in [4.78, 5) is 22.8. The first-order valence-corrected chi connectivity index (χ1v) is 12.0. The van der Waals surface area contributed by atoms with Crippen molar-refractivity contribution >= 4 is 39.9 Å². The van der Waals surface area contributed by atoms with Gasteiger partial charge in [-0.1, -0.05) is 11.6 Å². The summed E-state index contributed by atoms with van der Waals surface area (Å²) in [5.74, 6) is 2.42. The van der Waals surface area contributed by atoms with E-state index >= 15 is 0 Å². The van der Waals surface area contributed by atoms with Crippen molar-refractivity contribution < 1.29 is 14.3 Å². The molecule has 1 saturated heterocycles. The second kappa shape index (κ2) is 10.0. The molecule has 9 heteroatoms. The smallest absolute Gasteiger partial charge is 0.263 e. The molecule has 34 heavy (non-hydrogen) atoms. The Hall–Kier alpha value is -3.10. The number of methoxy groups -OCH3 is 1. The molecule has 0 radical (unpaired) electrons. The number of pyridine rings is 2. The molecule has 8 nitrogen and oxygen atoms in total. The lowest BCUT2D eigenvalue weighted by Crippen LogP contribution is -2.35. The molecule has 0 saturated carbocycles. The largest absolute Gasteiger partial charge is 0.497 e. The zero-order valence-electron chi connectivity index (χ0n) is 19.1. The van der Waals surface area contributed by atoms with Gasteiger partial charge in [0.2, 0.25) is 0 Å². The molecule has 0 bridgehead atoms. The molecule has 1 aromatic carbocycles. The van der Waals surface area contributed by atoms with Crippen molar-refractivity contribution in [2.24, 2.45) is 5.92 Å². The van der Waals surface area contributed by atoms with Gasteiger partial charge in [0.25, 0.3) is 5.91 Å². The predicted molar refractivity (Wildman–Crippen MR) is 133 cm³/mol. The number of nitrogens with one attached hydrogen (secondary N) is 2. The quantitative estimate of drug-likeness (QED) is 0.493. The Labute approximate surface area is 203 Å². The summed E-state index contributed by atoms with van der Waals surface area (Å²) in [6.45, 7) is 3.55. The minimum absolute atomic E-state index is 0.0445. The number of nitrogens with zero attached hydrogens (tertiary/aromatic N) is 3. The molecule has 3 aromatic rings. The Morgan fingerprint density at radius 1 is 1.26 bits per heavy atom. The zero-order chi connectivity index (χ0) is 23.5. The van der Waals surface area contributed by atoms with E-state index in [1.54, 1.807) is 13.3 Å². The van der Waals surface area contributed by atoms with Crippen molar-refractivity contribution in [3.8, 4) is 11.5 Å². The first kappa shape index (κ1) is 22.7. The van der Waals surface area contributed by atoms with Gasteiger partial charge >= 0.3 is 0 Å². The molecule has 5 rings (SSSR count). The Morgan fingerprint density at radius 3 is 2.94 bits per heavy atom. The number of piperidine rings is 1. The molecule has 1 fully saturated rings. The van der Waals surface area contributed by atoms with Crippen LogP contribution in [0.1, 0.15) is 25.0 Å². The summed E-state index contributed by atoms with van der Waals surface area (Å²) in [7, 11) is 1.67. The number of benzene rings is 1. The second-order valence-corrected chi connectivity index (χ2v) is 9.13. The number of hydrogen-bond acceptors (Lipinski definition) is 7. The van der Waals surface area contributed by atoms with Gasteiger partial charge in [-0.25, -0.2) is 4.98 Å². The Morgan fingerprint density at radius 2 is 2.12 bits per heavy atom. The average molecular weight is 482 g/mol. The number of hydrogen-bond donors (Lipinski definition) is 2. The third kappa shape index (κ3) is 4.88. The van der Waals surface area contributed by atoms with Crippen molar-refractivity contribution in [2.45, 2.75) is 25.8 Å². The molecule has 0 unspecified atom stereocenters. The van der Waals surface area contributed by atoms with Gasteiger partial charge in [0.1, 0.15) is 5.75 Å². The highest BCUT2D eigenvalue weighted by Crippen LogP contribution is 2.37. The fraction of sp³-hybridized carbons (Fsp3) is 0.400. The Bertz CT molecular complexity index is 1200. The van der Waals surface area contributed by atoms with E-state index in [1.165, 1.54) is 0 Å². The van der Waals surface area contributed by atoms with Crippen LogP contribution >= 0.6 is 11.6 Å². The normalized spacial score (nSPS) is 16.2. The summed E-state index contributed by atoms with van der Waals surface area (Å²) in [5, 5.41) is 7.95. The first-order chi connectivity index (χ1) is 16.6. The van der Waals surface area contributed by atoms with E-state index < -0.39 is 0 Å². The number of carbonyl (C=O) groups excluding carboxylic acids is 1. The average Bonchev–Trinajstić information content (AvgIpc) is 2.86. The number of halogens is 1. The summed E-state index contributed by atoms with van der Waals surface area (Å²) >= 11 is 6.59. The molecular formula is C25H28ClN5O3. The van der Waals surface area contributed by atoms with Crippen molar-refractivity contribution in [1.82, 2.24) is 15.3 Å². The molecular weight excluding hydrogens is 454 g/mol. The Balaban J connectivity index is 1.13. The number of ether oxygens (including phenoxy) is 2. The van der Waals surface area contributed by atoms with Gasteiger partial charge in [0.15, 0.2) is 18.2 Å². The van der Waals surface area contributed by atoms with Gasteiger partial charge in [0.05, 0.1) is 29.0 Å². The minimum Gasteiger partial charge on any atom is -0.497 e. The lowest BCUT2D eigenvalue weighted by molar-refractivity contribution is -0.118. The van der Waals surface area contributed by atoms with Crippen LogP contribution < -0.4 is 25.0 Å². The summed E-state index contributed by atoms with van der Waals surface area (Å²) in [5.41, 5.74) is 2.86. The summed E-state index contributed by atoms with van der Waals surface area (Å²) in [6.07, 6.45) is 5.09. The van der Waals surface area contributed by atoms with E-state index in [0.717, 1.165) is 66.9 Å². The third-order valence-electron chi connectivity index (χ3n) is 6.50.